The summed E-state index contributed by atoms with van der Waals surface area (Å²) >= 11 is 5.71. The van der Waals surface area contributed by atoms with Crippen LogP contribution in [-0.4, -0.2) is 6.04 Å². The van der Waals surface area contributed by atoms with Crippen molar-refractivity contribution in [2.24, 2.45) is 11.7 Å². The Bertz CT molecular complexity index is 339. The van der Waals surface area contributed by atoms with E-state index in [9.17, 15) is 4.39 Å². The second-order valence-corrected chi connectivity index (χ2v) is 5.09. The molecule has 0 spiro atoms. The molecule has 1 unspecified atom stereocenters. The average Bonchev–Trinajstić information content (AvgIpc) is 2.21. The quantitative estimate of drug-likeness (QED) is 0.837. The molecular formula is C13H19ClFN. The van der Waals surface area contributed by atoms with Gasteiger partial charge >= 0.3 is 0 Å². The van der Waals surface area contributed by atoms with Crippen molar-refractivity contribution in [3.05, 3.63) is 34.6 Å². The van der Waals surface area contributed by atoms with Crippen LogP contribution in [0.5, 0.6) is 0 Å². The first-order valence-corrected chi connectivity index (χ1v) is 6.06. The number of hydrogen-bond acceptors (Lipinski definition) is 1. The van der Waals surface area contributed by atoms with Gasteiger partial charge in [-0.25, -0.2) is 4.39 Å². The molecule has 1 atom stereocenters. The molecule has 0 aliphatic rings. The van der Waals surface area contributed by atoms with E-state index in [0.29, 0.717) is 5.92 Å². The van der Waals surface area contributed by atoms with Crippen LogP contribution in [0.25, 0.3) is 0 Å². The SMILES string of the molecule is CC(C)CCC(N)Cc1ccc(F)c(Cl)c1. The molecule has 0 bridgehead atoms. The molecule has 90 valence electrons. The highest BCUT2D eigenvalue weighted by Gasteiger charge is 2.07. The van der Waals surface area contributed by atoms with Gasteiger partial charge in [0.05, 0.1) is 5.02 Å². The van der Waals surface area contributed by atoms with Crippen LogP contribution in [0.3, 0.4) is 0 Å². The van der Waals surface area contributed by atoms with E-state index in [1.54, 1.807) is 12.1 Å². The third-order valence-corrected chi connectivity index (χ3v) is 2.89. The molecule has 0 fully saturated rings. The summed E-state index contributed by atoms with van der Waals surface area (Å²) in [6.07, 6.45) is 2.87. The Morgan fingerprint density at radius 3 is 2.56 bits per heavy atom. The molecule has 0 amide bonds. The molecule has 0 radical (unpaired) electrons. The fourth-order valence-corrected chi connectivity index (χ4v) is 1.82. The molecule has 16 heavy (non-hydrogen) atoms. The molecule has 1 aromatic carbocycles. The summed E-state index contributed by atoms with van der Waals surface area (Å²) in [6.45, 7) is 4.36. The molecule has 0 saturated heterocycles. The smallest absolute Gasteiger partial charge is 0.141 e. The maximum atomic E-state index is 12.9. The van der Waals surface area contributed by atoms with Crippen molar-refractivity contribution >= 4 is 11.6 Å². The highest BCUT2D eigenvalue weighted by Crippen LogP contribution is 2.18. The Balaban J connectivity index is 2.49. The van der Waals surface area contributed by atoms with Crippen LogP contribution in [-0.2, 0) is 6.42 Å². The monoisotopic (exact) mass is 243 g/mol. The topological polar surface area (TPSA) is 26.0 Å². The van der Waals surface area contributed by atoms with Gasteiger partial charge in [-0.2, -0.15) is 0 Å². The number of nitrogens with two attached hydrogens (primary N) is 1. The molecule has 0 saturated carbocycles. The molecule has 0 heterocycles. The zero-order chi connectivity index (χ0) is 12.1. The second-order valence-electron chi connectivity index (χ2n) is 4.68. The van der Waals surface area contributed by atoms with Gasteiger partial charge in [-0.1, -0.05) is 31.5 Å². The van der Waals surface area contributed by atoms with Crippen LogP contribution in [0.15, 0.2) is 18.2 Å². The summed E-state index contributed by atoms with van der Waals surface area (Å²) in [5.74, 6) is 0.295. The lowest BCUT2D eigenvalue weighted by atomic mass is 9.98. The molecular weight excluding hydrogens is 225 g/mol. The van der Waals surface area contributed by atoms with Gasteiger partial charge in [0.15, 0.2) is 0 Å². The molecule has 0 aliphatic heterocycles. The third kappa shape index (κ3) is 4.50. The summed E-state index contributed by atoms with van der Waals surface area (Å²) in [4.78, 5) is 0. The Morgan fingerprint density at radius 1 is 1.31 bits per heavy atom. The first-order valence-electron chi connectivity index (χ1n) is 5.68. The van der Waals surface area contributed by atoms with Crippen LogP contribution in [0.1, 0.15) is 32.3 Å². The Morgan fingerprint density at radius 2 is 2.00 bits per heavy atom. The minimum absolute atomic E-state index is 0.129. The number of halogens is 2. The van der Waals surface area contributed by atoms with Crippen molar-refractivity contribution in [2.45, 2.75) is 39.2 Å². The lowest BCUT2D eigenvalue weighted by Crippen LogP contribution is -2.23. The van der Waals surface area contributed by atoms with E-state index in [4.69, 9.17) is 17.3 Å². The van der Waals surface area contributed by atoms with E-state index in [2.05, 4.69) is 13.8 Å². The first-order chi connectivity index (χ1) is 7.49. The molecule has 1 nitrogen and oxygen atoms in total. The number of hydrogen-bond donors (Lipinski definition) is 1. The third-order valence-electron chi connectivity index (χ3n) is 2.60. The fraction of sp³-hybridized carbons (Fsp3) is 0.538. The number of rotatable bonds is 5. The summed E-state index contributed by atoms with van der Waals surface area (Å²) in [7, 11) is 0. The molecule has 0 aliphatic carbocycles. The van der Waals surface area contributed by atoms with Crippen LogP contribution in [0.2, 0.25) is 5.02 Å². The maximum Gasteiger partial charge on any atom is 0.141 e. The van der Waals surface area contributed by atoms with E-state index >= 15 is 0 Å². The zero-order valence-corrected chi connectivity index (χ0v) is 10.6. The predicted octanol–water partition coefficient (Wildman–Crippen LogP) is 3.79. The lowest BCUT2D eigenvalue weighted by molar-refractivity contribution is 0.494. The van der Waals surface area contributed by atoms with Crippen molar-refractivity contribution < 1.29 is 4.39 Å². The summed E-state index contributed by atoms with van der Waals surface area (Å²) < 4.78 is 12.9. The van der Waals surface area contributed by atoms with E-state index in [0.717, 1.165) is 24.8 Å². The lowest BCUT2D eigenvalue weighted by Gasteiger charge is -2.13. The van der Waals surface area contributed by atoms with Gasteiger partial charge in [-0.3, -0.25) is 0 Å². The van der Waals surface area contributed by atoms with Gasteiger partial charge in [0, 0.05) is 6.04 Å². The zero-order valence-electron chi connectivity index (χ0n) is 9.84. The van der Waals surface area contributed by atoms with Crippen molar-refractivity contribution in [1.29, 1.82) is 0 Å². The average molecular weight is 244 g/mol. The first kappa shape index (κ1) is 13.5. The molecule has 1 aromatic rings. The Hall–Kier alpha value is -0.600. The molecule has 3 heteroatoms. The normalized spacial score (nSPS) is 13.1. The predicted molar refractivity (Wildman–Crippen MR) is 67.2 cm³/mol. The minimum Gasteiger partial charge on any atom is -0.327 e. The van der Waals surface area contributed by atoms with Crippen molar-refractivity contribution in [1.82, 2.24) is 0 Å². The van der Waals surface area contributed by atoms with Gasteiger partial charge in [-0.05, 0) is 42.9 Å². The van der Waals surface area contributed by atoms with Gasteiger partial charge in [0.1, 0.15) is 5.82 Å². The summed E-state index contributed by atoms with van der Waals surface area (Å²) in [6, 6.07) is 4.93. The highest BCUT2D eigenvalue weighted by molar-refractivity contribution is 6.30. The van der Waals surface area contributed by atoms with Crippen LogP contribution < -0.4 is 5.73 Å². The van der Waals surface area contributed by atoms with Crippen LogP contribution in [0.4, 0.5) is 4.39 Å². The molecule has 1 rings (SSSR count). The number of benzene rings is 1. The second kappa shape index (κ2) is 6.21. The van der Waals surface area contributed by atoms with Crippen LogP contribution >= 0.6 is 11.6 Å². The highest BCUT2D eigenvalue weighted by atomic mass is 35.5. The minimum atomic E-state index is -0.374. The van der Waals surface area contributed by atoms with Crippen molar-refractivity contribution in [2.75, 3.05) is 0 Å². The summed E-state index contributed by atoms with van der Waals surface area (Å²) in [5.41, 5.74) is 7.01. The maximum absolute atomic E-state index is 12.9. The standard InChI is InChI=1S/C13H19ClFN/c1-9(2)3-5-11(16)7-10-4-6-13(15)12(14)8-10/h4,6,8-9,11H,3,5,7,16H2,1-2H3. The van der Waals surface area contributed by atoms with E-state index in [1.807, 2.05) is 0 Å². The summed E-state index contributed by atoms with van der Waals surface area (Å²) in [5, 5.41) is 0.175. The van der Waals surface area contributed by atoms with Gasteiger partial charge < -0.3 is 5.73 Å². The Kier molecular flexibility index (Phi) is 5.23. The fourth-order valence-electron chi connectivity index (χ4n) is 1.62. The Labute approximate surface area is 102 Å². The van der Waals surface area contributed by atoms with Gasteiger partial charge in [-0.15, -0.1) is 0 Å². The van der Waals surface area contributed by atoms with E-state index in [1.165, 1.54) is 6.07 Å². The van der Waals surface area contributed by atoms with E-state index in [-0.39, 0.29) is 16.9 Å². The van der Waals surface area contributed by atoms with Gasteiger partial charge in [0.25, 0.3) is 0 Å². The van der Waals surface area contributed by atoms with Crippen molar-refractivity contribution in [3.63, 3.8) is 0 Å². The van der Waals surface area contributed by atoms with E-state index < -0.39 is 0 Å². The van der Waals surface area contributed by atoms with Crippen molar-refractivity contribution in [3.8, 4) is 0 Å². The molecule has 0 aromatic heterocycles. The van der Waals surface area contributed by atoms with Crippen LogP contribution in [0, 0.1) is 11.7 Å². The molecule has 2 N–H and O–H groups in total. The largest absolute Gasteiger partial charge is 0.327 e. The van der Waals surface area contributed by atoms with Gasteiger partial charge in [0.2, 0.25) is 0 Å².